The predicted molar refractivity (Wildman–Crippen MR) is 56.6 cm³/mol. The van der Waals surface area contributed by atoms with E-state index in [0.29, 0.717) is 5.41 Å². The molecule has 0 aliphatic carbocycles. The summed E-state index contributed by atoms with van der Waals surface area (Å²) in [7, 11) is 0. The van der Waals surface area contributed by atoms with Crippen molar-refractivity contribution in [1.82, 2.24) is 5.32 Å². The van der Waals surface area contributed by atoms with Gasteiger partial charge in [0, 0.05) is 11.1 Å². The topological polar surface area (TPSA) is 12.0 Å². The zero-order valence-corrected chi connectivity index (χ0v) is 8.92. The Balaban J connectivity index is 2.30. The summed E-state index contributed by atoms with van der Waals surface area (Å²) in [5, 5.41) is 4.17. The molecule has 0 saturated heterocycles. The molecule has 0 atom stereocenters. The van der Waals surface area contributed by atoms with Crippen LogP contribution in [0.1, 0.15) is 33.6 Å². The van der Waals surface area contributed by atoms with E-state index >= 15 is 0 Å². The molecule has 0 saturated carbocycles. The molecule has 0 bridgehead atoms. The van der Waals surface area contributed by atoms with Crippen LogP contribution in [0, 0.1) is 5.41 Å². The third-order valence-electron chi connectivity index (χ3n) is 1.77. The summed E-state index contributed by atoms with van der Waals surface area (Å²) in [4.78, 5) is 1.41. The number of hydrogen-bond acceptors (Lipinski definition) is 2. The van der Waals surface area contributed by atoms with Gasteiger partial charge in [-0.15, -0.1) is 0 Å². The Hall–Kier alpha value is -0.370. The van der Waals surface area contributed by atoms with E-state index in [0.717, 1.165) is 5.03 Å². The average molecular weight is 183 g/mol. The molecule has 0 amide bonds. The molecular weight excluding hydrogens is 166 g/mol. The van der Waals surface area contributed by atoms with Crippen molar-refractivity contribution < 1.29 is 0 Å². The van der Waals surface area contributed by atoms with Gasteiger partial charge >= 0.3 is 0 Å². The highest BCUT2D eigenvalue weighted by molar-refractivity contribution is 8.06. The van der Waals surface area contributed by atoms with E-state index in [1.165, 1.54) is 17.7 Å². The molecule has 0 unspecified atom stereocenters. The van der Waals surface area contributed by atoms with Crippen molar-refractivity contribution in [1.29, 1.82) is 0 Å². The van der Waals surface area contributed by atoms with Crippen molar-refractivity contribution >= 4 is 11.8 Å². The molecule has 1 rings (SSSR count). The summed E-state index contributed by atoms with van der Waals surface area (Å²) in [5.74, 6) is 0. The second-order valence-electron chi connectivity index (χ2n) is 4.34. The smallest absolute Gasteiger partial charge is 0.0693 e. The Morgan fingerprint density at radius 2 is 2.17 bits per heavy atom. The second kappa shape index (κ2) is 3.56. The van der Waals surface area contributed by atoms with Crippen molar-refractivity contribution in [3.8, 4) is 0 Å². The first-order valence-electron chi connectivity index (χ1n) is 4.30. The highest BCUT2D eigenvalue weighted by Crippen LogP contribution is 2.34. The van der Waals surface area contributed by atoms with Crippen LogP contribution in [-0.2, 0) is 0 Å². The van der Waals surface area contributed by atoms with Crippen LogP contribution < -0.4 is 5.32 Å². The van der Waals surface area contributed by atoms with Crippen LogP contribution >= 0.6 is 11.8 Å². The van der Waals surface area contributed by atoms with E-state index in [2.05, 4.69) is 38.9 Å². The summed E-state index contributed by atoms with van der Waals surface area (Å²) in [6, 6.07) is 0. The minimum Gasteiger partial charge on any atom is -0.356 e. The van der Waals surface area contributed by atoms with Gasteiger partial charge in [0.1, 0.15) is 0 Å². The minimum absolute atomic E-state index is 0.436. The first kappa shape index (κ1) is 9.72. The van der Waals surface area contributed by atoms with Crippen molar-refractivity contribution in [3.05, 3.63) is 22.7 Å². The fourth-order valence-corrected chi connectivity index (χ4v) is 1.76. The maximum absolute atomic E-state index is 3.85. The Morgan fingerprint density at radius 3 is 2.58 bits per heavy atom. The standard InChI is InChI=1S/C10H17NS/c1-8-11-7-9(12-8)5-6-10(2,3)4/h7,11H,1,5-6H2,2-4H3. The molecule has 0 aromatic carbocycles. The lowest BCUT2D eigenvalue weighted by molar-refractivity contribution is 0.380. The SMILES string of the molecule is C=C1NC=C(CCC(C)(C)C)S1. The quantitative estimate of drug-likeness (QED) is 0.703. The zero-order chi connectivity index (χ0) is 9.19. The Kier molecular flexibility index (Phi) is 2.89. The molecule has 1 aliphatic rings. The number of hydrogen-bond donors (Lipinski definition) is 1. The van der Waals surface area contributed by atoms with Crippen molar-refractivity contribution in [2.45, 2.75) is 33.6 Å². The molecule has 0 spiro atoms. The van der Waals surface area contributed by atoms with Crippen molar-refractivity contribution in [3.63, 3.8) is 0 Å². The molecule has 1 N–H and O–H groups in total. The Labute approximate surface area is 79.3 Å². The first-order chi connectivity index (χ1) is 5.47. The number of thioether (sulfide) groups is 1. The van der Waals surface area contributed by atoms with Crippen LogP contribution in [0.5, 0.6) is 0 Å². The Bertz CT molecular complexity index is 210. The third-order valence-corrected chi connectivity index (χ3v) is 2.72. The van der Waals surface area contributed by atoms with E-state index in [1.807, 2.05) is 0 Å². The van der Waals surface area contributed by atoms with Gasteiger partial charge in [0.05, 0.1) is 5.03 Å². The average Bonchev–Trinajstić information content (AvgIpc) is 2.30. The lowest BCUT2D eigenvalue weighted by Crippen LogP contribution is -2.03. The summed E-state index contributed by atoms with van der Waals surface area (Å²) in [6.45, 7) is 10.7. The molecule has 1 nitrogen and oxygen atoms in total. The Morgan fingerprint density at radius 1 is 1.50 bits per heavy atom. The summed E-state index contributed by atoms with van der Waals surface area (Å²) >= 11 is 1.76. The third kappa shape index (κ3) is 3.35. The minimum atomic E-state index is 0.436. The number of rotatable bonds is 2. The molecule has 68 valence electrons. The predicted octanol–water partition coefficient (Wildman–Crippen LogP) is 3.46. The van der Waals surface area contributed by atoms with Crippen LogP contribution in [0.2, 0.25) is 0 Å². The largest absolute Gasteiger partial charge is 0.356 e. The highest BCUT2D eigenvalue weighted by Gasteiger charge is 2.14. The van der Waals surface area contributed by atoms with Gasteiger partial charge in [0.15, 0.2) is 0 Å². The van der Waals surface area contributed by atoms with E-state index in [1.54, 1.807) is 11.8 Å². The van der Waals surface area contributed by atoms with E-state index in [4.69, 9.17) is 0 Å². The number of allylic oxidation sites excluding steroid dienone is 1. The van der Waals surface area contributed by atoms with Crippen LogP contribution in [0.3, 0.4) is 0 Å². The van der Waals surface area contributed by atoms with Gasteiger partial charge in [0.25, 0.3) is 0 Å². The van der Waals surface area contributed by atoms with Gasteiger partial charge in [-0.25, -0.2) is 0 Å². The molecule has 1 aliphatic heterocycles. The fraction of sp³-hybridized carbons (Fsp3) is 0.600. The van der Waals surface area contributed by atoms with E-state index in [9.17, 15) is 0 Å². The van der Waals surface area contributed by atoms with Gasteiger partial charge in [-0.3, -0.25) is 0 Å². The monoisotopic (exact) mass is 183 g/mol. The van der Waals surface area contributed by atoms with Crippen LogP contribution in [0.25, 0.3) is 0 Å². The second-order valence-corrected chi connectivity index (χ2v) is 5.56. The summed E-state index contributed by atoms with van der Waals surface area (Å²) in [5.41, 5.74) is 0.436. The molecule has 0 radical (unpaired) electrons. The number of nitrogens with one attached hydrogen (secondary N) is 1. The summed E-state index contributed by atoms with van der Waals surface area (Å²) in [6.07, 6.45) is 4.47. The molecule has 0 aromatic rings. The van der Waals surface area contributed by atoms with Gasteiger partial charge in [0.2, 0.25) is 0 Å². The molecule has 1 heterocycles. The lowest BCUT2D eigenvalue weighted by atomic mass is 9.90. The maximum atomic E-state index is 3.85. The molecular formula is C10H17NS. The van der Waals surface area contributed by atoms with Gasteiger partial charge in [-0.05, 0) is 18.3 Å². The first-order valence-corrected chi connectivity index (χ1v) is 5.11. The van der Waals surface area contributed by atoms with Crippen LogP contribution in [0.15, 0.2) is 22.7 Å². The zero-order valence-electron chi connectivity index (χ0n) is 8.11. The molecule has 2 heteroatoms. The van der Waals surface area contributed by atoms with E-state index < -0.39 is 0 Å². The van der Waals surface area contributed by atoms with Crippen molar-refractivity contribution in [2.24, 2.45) is 5.41 Å². The van der Waals surface area contributed by atoms with Gasteiger partial charge in [-0.2, -0.15) is 0 Å². The van der Waals surface area contributed by atoms with Crippen LogP contribution in [0.4, 0.5) is 0 Å². The van der Waals surface area contributed by atoms with Crippen molar-refractivity contribution in [2.75, 3.05) is 0 Å². The molecule has 12 heavy (non-hydrogen) atoms. The lowest BCUT2D eigenvalue weighted by Gasteiger charge is -2.17. The highest BCUT2D eigenvalue weighted by atomic mass is 32.2. The van der Waals surface area contributed by atoms with Crippen LogP contribution in [-0.4, -0.2) is 0 Å². The van der Waals surface area contributed by atoms with Gasteiger partial charge < -0.3 is 5.32 Å². The normalized spacial score (nSPS) is 17.6. The molecule has 0 aromatic heterocycles. The maximum Gasteiger partial charge on any atom is 0.0693 e. The molecule has 0 fully saturated rings. The van der Waals surface area contributed by atoms with Gasteiger partial charge in [-0.1, -0.05) is 39.1 Å². The summed E-state index contributed by atoms with van der Waals surface area (Å²) < 4.78 is 0. The fourth-order valence-electron chi connectivity index (χ4n) is 1.000. The van der Waals surface area contributed by atoms with E-state index in [-0.39, 0.29) is 0 Å².